The monoisotopic (exact) mass is 431 g/mol. The molecule has 2 aromatic heterocycles. The van der Waals surface area contributed by atoms with Crippen molar-refractivity contribution in [3.05, 3.63) is 36.2 Å². The predicted octanol–water partition coefficient (Wildman–Crippen LogP) is 3.77. The molecule has 4 rings (SSSR count). The van der Waals surface area contributed by atoms with Crippen molar-refractivity contribution in [1.29, 1.82) is 0 Å². The Kier molecular flexibility index (Phi) is 6.06. The van der Waals surface area contributed by atoms with E-state index in [1.54, 1.807) is 6.20 Å². The number of halogens is 3. The largest absolute Gasteiger partial charge is 0.430 e. The minimum atomic E-state index is -4.44. The van der Waals surface area contributed by atoms with Gasteiger partial charge < -0.3 is 9.88 Å². The molecule has 10 heteroatoms. The molecule has 0 saturated heterocycles. The average Bonchev–Trinajstić information content (AvgIpc) is 3.17. The Morgan fingerprint density at radius 1 is 1.19 bits per heavy atom. The highest BCUT2D eigenvalue weighted by Gasteiger charge is 2.32. The number of fused-ring (bicyclic) bond motifs is 1. The van der Waals surface area contributed by atoms with Crippen molar-refractivity contribution in [3.8, 4) is 0 Å². The molecule has 0 atom stereocenters. The number of nitrogens with one attached hydrogen (secondary N) is 2. The summed E-state index contributed by atoms with van der Waals surface area (Å²) in [7, 11) is 0. The number of aromatic amines is 1. The van der Waals surface area contributed by atoms with Crippen LogP contribution >= 0.6 is 0 Å². The summed E-state index contributed by atoms with van der Waals surface area (Å²) in [4.78, 5) is 18.7. The van der Waals surface area contributed by atoms with Gasteiger partial charge in [-0.25, -0.2) is 4.98 Å². The molecular weight excluding hydrogens is 407 g/mol. The Morgan fingerprint density at radius 2 is 2.03 bits per heavy atom. The Balaban J connectivity index is 1.39. The molecule has 2 aliphatic heterocycles. The summed E-state index contributed by atoms with van der Waals surface area (Å²) in [6.45, 7) is 3.44. The van der Waals surface area contributed by atoms with E-state index in [0.29, 0.717) is 31.8 Å². The van der Waals surface area contributed by atoms with E-state index < -0.39 is 11.9 Å². The number of hydrogen-bond acceptors (Lipinski definition) is 6. The summed E-state index contributed by atoms with van der Waals surface area (Å²) in [6.07, 6.45) is 3.50. The lowest BCUT2D eigenvalue weighted by Gasteiger charge is -2.30. The summed E-state index contributed by atoms with van der Waals surface area (Å²) >= 11 is 0. The summed E-state index contributed by atoms with van der Waals surface area (Å²) in [6, 6.07) is 4.00. The summed E-state index contributed by atoms with van der Waals surface area (Å²) in [5, 5.41) is 4.55. The van der Waals surface area contributed by atoms with Crippen LogP contribution in [0, 0.1) is 0 Å². The fraction of sp³-hybridized carbons (Fsp3) is 0.429. The number of alkyl halides is 3. The zero-order chi connectivity index (χ0) is 21.8. The highest BCUT2D eigenvalue weighted by atomic mass is 19.4. The molecule has 2 N–H and O–H groups in total. The predicted molar refractivity (Wildman–Crippen MR) is 116 cm³/mol. The molecule has 0 radical (unpaired) electrons. The maximum absolute atomic E-state index is 12.6. The van der Waals surface area contributed by atoms with E-state index in [1.807, 2.05) is 12.3 Å². The lowest BCUT2D eigenvalue weighted by Crippen LogP contribution is -2.36. The zero-order valence-corrected chi connectivity index (χ0v) is 17.2. The van der Waals surface area contributed by atoms with Crippen LogP contribution in [0.15, 0.2) is 45.7 Å². The van der Waals surface area contributed by atoms with Gasteiger partial charge >= 0.3 is 6.18 Å². The van der Waals surface area contributed by atoms with Crippen LogP contribution in [0.5, 0.6) is 0 Å². The molecule has 0 aliphatic carbocycles. The van der Waals surface area contributed by atoms with Gasteiger partial charge in [0.15, 0.2) is 0 Å². The smallest absolute Gasteiger partial charge is 0.356 e. The van der Waals surface area contributed by atoms with Gasteiger partial charge in [0.25, 0.3) is 0 Å². The maximum Gasteiger partial charge on any atom is 0.430 e. The quantitative estimate of drug-likeness (QED) is 0.561. The van der Waals surface area contributed by atoms with Crippen molar-refractivity contribution in [2.45, 2.75) is 32.4 Å². The molecule has 164 valence electrons. The van der Waals surface area contributed by atoms with Gasteiger partial charge in [-0.3, -0.25) is 15.4 Å². The topological polar surface area (TPSA) is 81.0 Å². The second-order valence-corrected chi connectivity index (χ2v) is 7.46. The van der Waals surface area contributed by atoms with Crippen molar-refractivity contribution < 1.29 is 13.2 Å². The first-order chi connectivity index (χ1) is 14.9. The van der Waals surface area contributed by atoms with Crippen LogP contribution in [0.3, 0.4) is 0 Å². The highest BCUT2D eigenvalue weighted by Crippen LogP contribution is 2.28. The Hall–Kier alpha value is -3.17. The number of aliphatic imine (C=N–C) groups is 2. The van der Waals surface area contributed by atoms with Crippen LogP contribution in [0.4, 0.5) is 13.2 Å². The second kappa shape index (κ2) is 8.91. The summed E-state index contributed by atoms with van der Waals surface area (Å²) in [5.74, 6) is 1.41. The van der Waals surface area contributed by atoms with E-state index in [9.17, 15) is 13.2 Å². The second-order valence-electron chi connectivity index (χ2n) is 7.46. The first-order valence-electron chi connectivity index (χ1n) is 10.2. The third-order valence-electron chi connectivity index (χ3n) is 5.42. The molecule has 0 aromatic carbocycles. The fourth-order valence-electron chi connectivity index (χ4n) is 3.68. The van der Waals surface area contributed by atoms with Crippen LogP contribution in [-0.4, -0.2) is 64.6 Å². The van der Waals surface area contributed by atoms with Crippen LogP contribution < -0.4 is 5.43 Å². The molecule has 0 bridgehead atoms. The van der Waals surface area contributed by atoms with Gasteiger partial charge in [0.1, 0.15) is 17.2 Å². The zero-order valence-electron chi connectivity index (χ0n) is 17.2. The molecule has 7 nitrogen and oxygen atoms in total. The van der Waals surface area contributed by atoms with Crippen molar-refractivity contribution in [3.63, 3.8) is 0 Å². The molecule has 0 fully saturated rings. The first-order valence-corrected chi connectivity index (χ1v) is 10.2. The minimum Gasteiger partial charge on any atom is -0.356 e. The Labute approximate surface area is 177 Å². The Morgan fingerprint density at radius 3 is 2.81 bits per heavy atom. The van der Waals surface area contributed by atoms with Crippen molar-refractivity contribution in [1.82, 2.24) is 20.3 Å². The maximum atomic E-state index is 12.6. The number of rotatable bonds is 2. The molecule has 2 aromatic rings. The van der Waals surface area contributed by atoms with Crippen molar-refractivity contribution >= 4 is 34.0 Å². The highest BCUT2D eigenvalue weighted by molar-refractivity contribution is 5.94. The molecule has 0 spiro atoms. The van der Waals surface area contributed by atoms with E-state index in [1.165, 1.54) is 11.1 Å². The van der Waals surface area contributed by atoms with Crippen LogP contribution in [0.2, 0.25) is 0 Å². The molecule has 0 saturated carbocycles. The number of nitrogens with zero attached hydrogens (tertiary/aromatic N) is 5. The van der Waals surface area contributed by atoms with Gasteiger partial charge in [-0.05, 0) is 31.1 Å². The number of pyridine rings is 1. The summed E-state index contributed by atoms with van der Waals surface area (Å²) in [5.41, 5.74) is 4.90. The molecule has 4 heterocycles. The van der Waals surface area contributed by atoms with E-state index >= 15 is 0 Å². The molecule has 2 aliphatic rings. The number of aromatic nitrogens is 2. The lowest BCUT2D eigenvalue weighted by atomic mass is 9.99. The third kappa shape index (κ3) is 4.95. The van der Waals surface area contributed by atoms with Gasteiger partial charge in [0, 0.05) is 49.3 Å². The van der Waals surface area contributed by atoms with Gasteiger partial charge in [-0.15, -0.1) is 0 Å². The van der Waals surface area contributed by atoms with Gasteiger partial charge in [0.05, 0.1) is 18.9 Å². The van der Waals surface area contributed by atoms with E-state index in [0.717, 1.165) is 43.3 Å². The molecule has 0 unspecified atom stereocenters. The first kappa shape index (κ1) is 21.1. The SMILES string of the molecule is C/C(=N\NC1=NCCN=C(N2CC=C(c3c[nH]c4ncccc34)CC2)CC1)C(F)(F)F. The third-order valence-corrected chi connectivity index (χ3v) is 5.42. The lowest BCUT2D eigenvalue weighted by molar-refractivity contribution is -0.0595. The van der Waals surface area contributed by atoms with Crippen LogP contribution in [-0.2, 0) is 0 Å². The number of hydrogen-bond donors (Lipinski definition) is 2. The van der Waals surface area contributed by atoms with E-state index in [-0.39, 0.29) is 0 Å². The van der Waals surface area contributed by atoms with Crippen LogP contribution in [0.25, 0.3) is 16.6 Å². The molecular formula is C21H24F3N7. The molecule has 0 amide bonds. The number of hydrazone groups is 1. The van der Waals surface area contributed by atoms with E-state index in [4.69, 9.17) is 0 Å². The van der Waals surface area contributed by atoms with Gasteiger partial charge in [-0.2, -0.15) is 18.3 Å². The van der Waals surface area contributed by atoms with Gasteiger partial charge in [-0.1, -0.05) is 6.08 Å². The van der Waals surface area contributed by atoms with E-state index in [2.05, 4.69) is 47.5 Å². The minimum absolute atomic E-state index is 0.420. The number of H-pyrrole nitrogens is 1. The van der Waals surface area contributed by atoms with Crippen molar-refractivity contribution in [2.24, 2.45) is 15.1 Å². The normalized spacial score (nSPS) is 18.8. The van der Waals surface area contributed by atoms with Gasteiger partial charge in [0.2, 0.25) is 0 Å². The average molecular weight is 431 g/mol. The fourth-order valence-corrected chi connectivity index (χ4v) is 3.68. The molecule has 31 heavy (non-hydrogen) atoms. The number of amidine groups is 2. The standard InChI is InChI=1S/C21H24F3N7/c1-14(21(22,23)24)29-30-18-4-5-19(26-10-9-25-18)31-11-6-15(7-12-31)17-13-28-20-16(17)3-2-8-27-20/h2-3,6,8,13H,4-5,7,9-12H2,1H3,(H,25,30)(H,27,28)/b26-19?,29-14+. The Bertz CT molecular complexity index is 1060. The van der Waals surface area contributed by atoms with Crippen molar-refractivity contribution in [2.75, 3.05) is 26.2 Å². The van der Waals surface area contributed by atoms with Crippen LogP contribution in [0.1, 0.15) is 31.7 Å². The summed E-state index contributed by atoms with van der Waals surface area (Å²) < 4.78 is 37.9.